The predicted molar refractivity (Wildman–Crippen MR) is 140 cm³/mol. The summed E-state index contributed by atoms with van der Waals surface area (Å²) in [6, 6.07) is 5.18. The monoisotopic (exact) mass is 498 g/mol. The molecule has 0 spiro atoms. The van der Waals surface area contributed by atoms with Crippen LogP contribution in [0.5, 0.6) is 0 Å². The number of carbonyl (C=O) groups excluding carboxylic acids is 3. The van der Waals surface area contributed by atoms with Gasteiger partial charge in [0, 0.05) is 24.8 Å². The molecule has 1 aliphatic heterocycles. The number of rotatable bonds is 12. The molecular weight excluding hydrogens is 456 g/mol. The lowest BCUT2D eigenvalue weighted by molar-refractivity contribution is -0.155. The van der Waals surface area contributed by atoms with Crippen molar-refractivity contribution in [2.45, 2.75) is 72.3 Å². The zero-order valence-corrected chi connectivity index (χ0v) is 22.2. The Kier molecular flexibility index (Phi) is 10.1. The van der Waals surface area contributed by atoms with E-state index in [9.17, 15) is 14.4 Å². The van der Waals surface area contributed by atoms with E-state index in [0.717, 1.165) is 55.3 Å². The number of benzene rings is 1. The van der Waals surface area contributed by atoms with Gasteiger partial charge in [-0.2, -0.15) is 0 Å². The molecule has 0 bridgehead atoms. The number of nitrogens with zero attached hydrogens (tertiary/aromatic N) is 1. The van der Waals surface area contributed by atoms with Crippen molar-refractivity contribution in [3.63, 3.8) is 0 Å². The van der Waals surface area contributed by atoms with Crippen LogP contribution >= 0.6 is 0 Å². The molecule has 1 aliphatic carbocycles. The summed E-state index contributed by atoms with van der Waals surface area (Å²) in [6.45, 7) is 8.61. The number of aryl methyl sites for hydroxylation is 2. The van der Waals surface area contributed by atoms with E-state index in [1.54, 1.807) is 11.8 Å². The minimum Gasteiger partial charge on any atom is -0.466 e. The van der Waals surface area contributed by atoms with Gasteiger partial charge in [0.15, 0.2) is 0 Å². The van der Waals surface area contributed by atoms with E-state index in [2.05, 4.69) is 12.2 Å². The van der Waals surface area contributed by atoms with Gasteiger partial charge < -0.3 is 20.1 Å². The zero-order valence-electron chi connectivity index (χ0n) is 22.2. The summed E-state index contributed by atoms with van der Waals surface area (Å²) in [5.41, 5.74) is 2.70. The van der Waals surface area contributed by atoms with E-state index in [1.807, 2.05) is 44.2 Å². The van der Waals surface area contributed by atoms with Crippen LogP contribution in [0.1, 0.15) is 63.5 Å². The standard InChI is InChI=1S/C29H42N2O5/c1-5-12-21-15-16-22-24(23(21)29(35)36-6-2)28(34)31(17-9-7-8-10-18-32)26(22)27(33)30-25-19(3)13-11-14-20(25)4/h11,13-16,21-24,26,32H,5-10,12,17-18H2,1-4H3,(H,30,33)/t21-,22+,23-,24-,26+/m1/s1. The first-order valence-electron chi connectivity index (χ1n) is 13.5. The normalized spacial score (nSPS) is 25.1. The summed E-state index contributed by atoms with van der Waals surface area (Å²) in [4.78, 5) is 42.5. The third kappa shape index (κ3) is 6.00. The number of ether oxygens (including phenoxy) is 1. The molecule has 0 unspecified atom stereocenters. The lowest BCUT2D eigenvalue weighted by Crippen LogP contribution is -2.45. The second kappa shape index (κ2) is 13.0. The molecule has 2 amide bonds. The van der Waals surface area contributed by atoms with Crippen LogP contribution in [-0.2, 0) is 19.1 Å². The third-order valence-corrected chi connectivity index (χ3v) is 7.60. The molecule has 1 saturated heterocycles. The molecule has 198 valence electrons. The molecular formula is C29H42N2O5. The summed E-state index contributed by atoms with van der Waals surface area (Å²) < 4.78 is 5.43. The Morgan fingerprint density at radius 3 is 2.39 bits per heavy atom. The van der Waals surface area contributed by atoms with Crippen LogP contribution in [0.2, 0.25) is 0 Å². The van der Waals surface area contributed by atoms with Gasteiger partial charge in [-0.25, -0.2) is 0 Å². The molecule has 0 saturated carbocycles. The molecule has 36 heavy (non-hydrogen) atoms. The van der Waals surface area contributed by atoms with Crippen molar-refractivity contribution >= 4 is 23.5 Å². The summed E-state index contributed by atoms with van der Waals surface area (Å²) in [6.07, 6.45) is 8.91. The SMILES string of the molecule is CCC[C@@H]1C=C[C@H]2[C@@H](C(=O)N(CCCCCCO)[C@@H]2C(=O)Nc2c(C)cccc2C)[C@@H]1C(=O)OCC. The maximum Gasteiger partial charge on any atom is 0.310 e. The maximum absolute atomic E-state index is 13.9. The smallest absolute Gasteiger partial charge is 0.310 e. The van der Waals surface area contributed by atoms with Crippen molar-refractivity contribution in [3.8, 4) is 0 Å². The third-order valence-electron chi connectivity index (χ3n) is 7.60. The van der Waals surface area contributed by atoms with Gasteiger partial charge in [-0.15, -0.1) is 0 Å². The quantitative estimate of drug-likeness (QED) is 0.253. The molecule has 2 N–H and O–H groups in total. The molecule has 0 aromatic heterocycles. The summed E-state index contributed by atoms with van der Waals surface area (Å²) >= 11 is 0. The van der Waals surface area contributed by atoms with Gasteiger partial charge in [0.25, 0.3) is 0 Å². The number of carbonyl (C=O) groups is 3. The van der Waals surface area contributed by atoms with Crippen LogP contribution in [-0.4, -0.2) is 53.6 Å². The van der Waals surface area contributed by atoms with Gasteiger partial charge in [-0.05, 0) is 57.1 Å². The molecule has 1 fully saturated rings. The molecule has 0 radical (unpaired) electrons. The zero-order chi connectivity index (χ0) is 26.2. The van der Waals surface area contributed by atoms with Gasteiger partial charge in [0.2, 0.25) is 11.8 Å². The molecule has 3 rings (SSSR count). The van der Waals surface area contributed by atoms with Crippen LogP contribution in [0.4, 0.5) is 5.69 Å². The molecule has 5 atom stereocenters. The lowest BCUT2D eigenvalue weighted by atomic mass is 9.69. The Hall–Kier alpha value is -2.67. The fourth-order valence-corrected chi connectivity index (χ4v) is 5.86. The molecule has 1 heterocycles. The van der Waals surface area contributed by atoms with Crippen molar-refractivity contribution in [3.05, 3.63) is 41.5 Å². The van der Waals surface area contributed by atoms with E-state index in [4.69, 9.17) is 9.84 Å². The number of esters is 1. The van der Waals surface area contributed by atoms with Crippen molar-refractivity contribution in [2.24, 2.45) is 23.7 Å². The molecule has 2 aliphatic rings. The molecule has 1 aromatic carbocycles. The first-order chi connectivity index (χ1) is 17.3. The Bertz CT molecular complexity index is 939. The van der Waals surface area contributed by atoms with Crippen LogP contribution in [0, 0.1) is 37.5 Å². The van der Waals surface area contributed by atoms with E-state index < -0.39 is 17.9 Å². The van der Waals surface area contributed by atoms with Gasteiger partial charge in [0.1, 0.15) is 6.04 Å². The minimum absolute atomic E-state index is 0.0777. The number of para-hydroxylation sites is 1. The number of fused-ring (bicyclic) bond motifs is 1. The number of anilines is 1. The van der Waals surface area contributed by atoms with Crippen LogP contribution < -0.4 is 5.32 Å². The fraction of sp³-hybridized carbons (Fsp3) is 0.621. The maximum atomic E-state index is 13.9. The number of amides is 2. The van der Waals surface area contributed by atoms with Crippen LogP contribution in [0.3, 0.4) is 0 Å². The number of hydrogen-bond acceptors (Lipinski definition) is 5. The highest BCUT2D eigenvalue weighted by atomic mass is 16.5. The second-order valence-corrected chi connectivity index (χ2v) is 10.1. The van der Waals surface area contributed by atoms with E-state index in [1.165, 1.54) is 0 Å². The number of likely N-dealkylation sites (tertiary alicyclic amines) is 1. The number of unbranched alkanes of at least 4 members (excludes halogenated alkanes) is 3. The summed E-state index contributed by atoms with van der Waals surface area (Å²) in [5, 5.41) is 12.2. The number of nitrogens with one attached hydrogen (secondary N) is 1. The largest absolute Gasteiger partial charge is 0.466 e. The summed E-state index contributed by atoms with van der Waals surface area (Å²) in [7, 11) is 0. The van der Waals surface area contributed by atoms with Gasteiger partial charge >= 0.3 is 5.97 Å². The predicted octanol–water partition coefficient (Wildman–Crippen LogP) is 4.40. The van der Waals surface area contributed by atoms with Crippen molar-refractivity contribution in [1.82, 2.24) is 4.90 Å². The number of hydrogen-bond donors (Lipinski definition) is 2. The lowest BCUT2D eigenvalue weighted by Gasteiger charge is -2.33. The van der Waals surface area contributed by atoms with Gasteiger partial charge in [-0.3, -0.25) is 14.4 Å². The second-order valence-electron chi connectivity index (χ2n) is 10.1. The first-order valence-corrected chi connectivity index (χ1v) is 13.5. The van der Waals surface area contributed by atoms with Crippen LogP contribution in [0.15, 0.2) is 30.4 Å². The van der Waals surface area contributed by atoms with E-state index >= 15 is 0 Å². The van der Waals surface area contributed by atoms with E-state index in [0.29, 0.717) is 6.54 Å². The van der Waals surface area contributed by atoms with Crippen molar-refractivity contribution < 1.29 is 24.2 Å². The molecule has 7 heteroatoms. The van der Waals surface area contributed by atoms with Crippen molar-refractivity contribution in [1.29, 1.82) is 0 Å². The molecule has 7 nitrogen and oxygen atoms in total. The van der Waals surface area contributed by atoms with E-state index in [-0.39, 0.29) is 42.8 Å². The Morgan fingerprint density at radius 1 is 1.06 bits per heavy atom. The number of aliphatic hydroxyl groups excluding tert-OH is 1. The topological polar surface area (TPSA) is 95.9 Å². The molecule has 1 aromatic rings. The average Bonchev–Trinajstić information content (AvgIpc) is 3.13. The summed E-state index contributed by atoms with van der Waals surface area (Å²) in [5.74, 6) is -2.34. The highest BCUT2D eigenvalue weighted by molar-refractivity contribution is 6.02. The van der Waals surface area contributed by atoms with Crippen LogP contribution in [0.25, 0.3) is 0 Å². The van der Waals surface area contributed by atoms with Gasteiger partial charge in [-0.1, -0.05) is 56.5 Å². The average molecular weight is 499 g/mol. The highest BCUT2D eigenvalue weighted by Crippen LogP contribution is 2.46. The minimum atomic E-state index is -0.685. The first kappa shape index (κ1) is 27.9. The van der Waals surface area contributed by atoms with Crippen molar-refractivity contribution in [2.75, 3.05) is 25.1 Å². The van der Waals surface area contributed by atoms with Gasteiger partial charge in [0.05, 0.1) is 18.4 Å². The number of aliphatic hydroxyl groups is 1. The fourth-order valence-electron chi connectivity index (χ4n) is 5.86. The Labute approximate surface area is 215 Å². The Balaban J connectivity index is 1.94. The Morgan fingerprint density at radius 2 is 1.75 bits per heavy atom. The number of allylic oxidation sites excluding steroid dienone is 1. The highest BCUT2D eigenvalue weighted by Gasteiger charge is 2.57.